The molecule has 9 aromatic rings. The lowest BCUT2D eigenvalue weighted by molar-refractivity contribution is 0.100. The number of anilines is 6. The monoisotopic (exact) mass is 1420 g/mol. The molecule has 0 unspecified atom stereocenters. The highest BCUT2D eigenvalue weighted by Gasteiger charge is 2.22. The Kier molecular flexibility index (Phi) is 22.5. The summed E-state index contributed by atoms with van der Waals surface area (Å²) in [4.78, 5) is 87.4. The Morgan fingerprint density at radius 3 is 1.04 bits per heavy atom. The van der Waals surface area contributed by atoms with E-state index in [0.717, 1.165) is 59.1 Å². The molecular formula is C60H43Br3F5N15O7. The molecule has 0 aliphatic carbocycles. The zero-order valence-electron chi connectivity index (χ0n) is 45.6. The van der Waals surface area contributed by atoms with E-state index >= 15 is 0 Å². The van der Waals surface area contributed by atoms with E-state index < -0.39 is 64.5 Å². The Hall–Kier alpha value is -11.1. The third kappa shape index (κ3) is 18.0. The van der Waals surface area contributed by atoms with Crippen LogP contribution in [-0.2, 0) is 0 Å². The number of carbonyl (C=O) groups is 6. The van der Waals surface area contributed by atoms with Crippen LogP contribution in [0.15, 0.2) is 189 Å². The molecule has 3 aromatic heterocycles. The second-order valence-electron chi connectivity index (χ2n) is 18.1. The number of oxime groups is 1. The molecule has 90 heavy (non-hydrogen) atoms. The fraction of sp³-hybridized carbons (Fsp3) is 0. The van der Waals surface area contributed by atoms with Gasteiger partial charge in [-0.1, -0.05) is 35.5 Å². The lowest BCUT2D eigenvalue weighted by atomic mass is 10.1. The van der Waals surface area contributed by atoms with E-state index in [1.165, 1.54) is 79.3 Å². The molecule has 6 aromatic carbocycles. The van der Waals surface area contributed by atoms with E-state index in [2.05, 4.69) is 99.8 Å². The maximum atomic E-state index is 14.3. The number of nitrogen functional groups attached to an aromatic ring is 2. The maximum absolute atomic E-state index is 14.3. The van der Waals surface area contributed by atoms with E-state index in [9.17, 15) is 50.7 Å². The minimum Gasteiger partial charge on any atom is -0.409 e. The number of hydrogen-bond acceptors (Lipinski definition) is 13. The van der Waals surface area contributed by atoms with E-state index in [1.54, 1.807) is 36.4 Å². The number of aromatic nitrogens is 3. The number of amides is 6. The van der Waals surface area contributed by atoms with Gasteiger partial charge in [-0.25, -0.2) is 36.9 Å². The number of rotatable bonds is 15. The first-order chi connectivity index (χ1) is 42.9. The second kappa shape index (κ2) is 30.5. The van der Waals surface area contributed by atoms with Gasteiger partial charge in [0.15, 0.2) is 5.84 Å². The Labute approximate surface area is 531 Å². The van der Waals surface area contributed by atoms with Gasteiger partial charge in [-0.05, 0) is 169 Å². The molecule has 0 fully saturated rings. The summed E-state index contributed by atoms with van der Waals surface area (Å²) in [5.41, 5.74) is 15.4. The van der Waals surface area contributed by atoms with Crippen molar-refractivity contribution in [3.63, 3.8) is 0 Å². The molecule has 9 rings (SSSR count). The third-order valence-electron chi connectivity index (χ3n) is 11.9. The Balaban J connectivity index is 0.000000192. The molecule has 30 heteroatoms. The fourth-order valence-corrected chi connectivity index (χ4v) is 8.24. The number of nitrogens with two attached hydrogens (primary N) is 3. The van der Waals surface area contributed by atoms with Crippen molar-refractivity contribution in [2.45, 2.75) is 0 Å². The van der Waals surface area contributed by atoms with Gasteiger partial charge in [-0.2, -0.15) is 0 Å². The number of para-hydroxylation sites is 1. The van der Waals surface area contributed by atoms with Crippen LogP contribution in [-0.4, -0.2) is 73.1 Å². The average molecular weight is 1420 g/mol. The van der Waals surface area contributed by atoms with E-state index in [0.29, 0.717) is 14.8 Å². The minimum atomic E-state index is -0.936. The largest absolute Gasteiger partial charge is 0.409 e. The summed E-state index contributed by atoms with van der Waals surface area (Å²) in [7, 11) is 0. The van der Waals surface area contributed by atoms with Gasteiger partial charge in [0, 0.05) is 48.7 Å². The molecule has 22 nitrogen and oxygen atoms in total. The smallest absolute Gasteiger partial charge is 0.259 e. The minimum absolute atomic E-state index is 0.0222. The van der Waals surface area contributed by atoms with Crippen LogP contribution in [0.1, 0.15) is 78.8 Å². The standard InChI is InChI=1S/C20H14BrF2N5O3.C20H14BrF2N5O2.C20H15BrFN5O2/c21-11-2-6-17(25-9-11)27-20(30)14-8-12(22)3-5-16(14)26-19(29)13-4-1-10(7-15(13)23)18(24)28-31;21-11-2-6-17(26-9-11)28-20(30)14-8-12(22)3-5-16(14)27-19(29)13-4-1-10(18(24)25)7-15(13)23;21-12-6-8-17(25-10-12)27-20(29)14-3-1-2-4-16(14)26-19(28)13-7-5-11(18(23)24)9-15(13)22/h1-9,31H,(H2,24,28)(H,26,29)(H,25,27,30);1-9H,(H3,24,25)(H,27,29)(H,26,28,30);1-10H,(H3,23,24)(H,26,28)(H,25,27,29). The van der Waals surface area contributed by atoms with Crippen molar-refractivity contribution < 1.29 is 55.9 Å². The topological polar surface area (TPSA) is 372 Å². The second-order valence-corrected chi connectivity index (χ2v) is 20.9. The SMILES string of the molecule is N/C(=N/O)c1ccc(C(=O)Nc2ccc(F)cc2C(=O)Nc2ccc(Br)cn2)c(F)c1.N=C(N)c1ccc(C(=O)Nc2ccc(F)cc2C(=O)Nc2ccc(Br)cn2)c(F)c1.N=C(N)c1ccc(C(=O)Nc2ccccc2C(=O)Nc2ccc(Br)cn2)c(F)c1. The molecule has 0 spiro atoms. The van der Waals surface area contributed by atoms with Gasteiger partial charge < -0.3 is 54.3 Å². The molecular weight excluding hydrogens is 1380 g/mol. The predicted octanol–water partition coefficient (Wildman–Crippen LogP) is 11.4. The first kappa shape index (κ1) is 66.4. The molecule has 0 bridgehead atoms. The summed E-state index contributed by atoms with van der Waals surface area (Å²) in [6.07, 6.45) is 4.47. The number of nitrogens with one attached hydrogen (secondary N) is 8. The molecule has 0 aliphatic heterocycles. The summed E-state index contributed by atoms with van der Waals surface area (Å²) in [5.74, 6) is -8.68. The van der Waals surface area contributed by atoms with Gasteiger partial charge >= 0.3 is 0 Å². The molecule has 0 atom stereocenters. The zero-order chi connectivity index (χ0) is 65.3. The number of hydrogen-bond donors (Lipinski definition) is 12. The van der Waals surface area contributed by atoms with Crippen molar-refractivity contribution in [2.24, 2.45) is 22.4 Å². The molecule has 15 N–H and O–H groups in total. The quantitative estimate of drug-likeness (QED) is 0.0149. The van der Waals surface area contributed by atoms with Crippen LogP contribution in [0.25, 0.3) is 0 Å². The lowest BCUT2D eigenvalue weighted by Crippen LogP contribution is -2.20. The van der Waals surface area contributed by atoms with Crippen molar-refractivity contribution in [1.82, 2.24) is 15.0 Å². The van der Waals surface area contributed by atoms with Gasteiger partial charge in [0.2, 0.25) is 0 Å². The van der Waals surface area contributed by atoms with Gasteiger partial charge in [0.05, 0.1) is 50.4 Å². The number of carbonyl (C=O) groups excluding carboxylic acids is 6. The van der Waals surface area contributed by atoms with Crippen molar-refractivity contribution in [3.8, 4) is 0 Å². The Morgan fingerprint density at radius 2 is 0.711 bits per heavy atom. The van der Waals surface area contributed by atoms with Crippen molar-refractivity contribution in [1.29, 1.82) is 10.8 Å². The summed E-state index contributed by atoms with van der Waals surface area (Å²) >= 11 is 9.71. The molecule has 0 saturated heterocycles. The third-order valence-corrected chi connectivity index (χ3v) is 13.3. The van der Waals surface area contributed by atoms with Crippen LogP contribution in [0.5, 0.6) is 0 Å². The highest BCUT2D eigenvalue weighted by molar-refractivity contribution is 9.11. The number of pyridine rings is 3. The Bertz CT molecular complexity index is 4310. The molecule has 0 saturated carbocycles. The van der Waals surface area contributed by atoms with Crippen molar-refractivity contribution in [2.75, 3.05) is 31.9 Å². The number of nitrogens with zero attached hydrogens (tertiary/aromatic N) is 4. The van der Waals surface area contributed by atoms with Crippen LogP contribution in [0.2, 0.25) is 0 Å². The lowest BCUT2D eigenvalue weighted by Gasteiger charge is -2.12. The molecule has 0 aliphatic rings. The molecule has 6 amide bonds. The Morgan fingerprint density at radius 1 is 0.389 bits per heavy atom. The zero-order valence-corrected chi connectivity index (χ0v) is 50.4. The summed E-state index contributed by atoms with van der Waals surface area (Å²) in [6.45, 7) is 0. The van der Waals surface area contributed by atoms with Gasteiger partial charge in [-0.15, -0.1) is 0 Å². The number of halogens is 8. The van der Waals surface area contributed by atoms with Crippen LogP contribution in [0.3, 0.4) is 0 Å². The van der Waals surface area contributed by atoms with Crippen LogP contribution >= 0.6 is 47.8 Å². The van der Waals surface area contributed by atoms with E-state index in [-0.39, 0.29) is 96.3 Å². The highest BCUT2D eigenvalue weighted by Crippen LogP contribution is 2.25. The van der Waals surface area contributed by atoms with Gasteiger partial charge in [0.1, 0.15) is 58.2 Å². The van der Waals surface area contributed by atoms with Crippen LogP contribution in [0.4, 0.5) is 56.5 Å². The average Bonchev–Trinajstić information content (AvgIpc) is 1.55. The van der Waals surface area contributed by atoms with Gasteiger partial charge in [-0.3, -0.25) is 39.6 Å². The fourth-order valence-electron chi connectivity index (χ4n) is 7.54. The predicted molar refractivity (Wildman–Crippen MR) is 337 cm³/mol. The van der Waals surface area contributed by atoms with Crippen LogP contribution < -0.4 is 49.1 Å². The van der Waals surface area contributed by atoms with Crippen LogP contribution in [0, 0.1) is 39.9 Å². The number of benzene rings is 6. The highest BCUT2D eigenvalue weighted by atomic mass is 79.9. The first-order valence-electron chi connectivity index (χ1n) is 25.3. The maximum Gasteiger partial charge on any atom is 0.259 e. The summed E-state index contributed by atoms with van der Waals surface area (Å²) < 4.78 is 72.5. The number of amidine groups is 3. The van der Waals surface area contributed by atoms with Gasteiger partial charge in [0.25, 0.3) is 35.4 Å². The van der Waals surface area contributed by atoms with E-state index in [4.69, 9.17) is 33.2 Å². The summed E-state index contributed by atoms with van der Waals surface area (Å²) in [5, 5.41) is 41.0. The summed E-state index contributed by atoms with van der Waals surface area (Å²) in [6, 6.07) is 32.8. The molecule has 456 valence electrons. The first-order valence-corrected chi connectivity index (χ1v) is 27.7. The van der Waals surface area contributed by atoms with E-state index in [1.807, 2.05) is 0 Å². The van der Waals surface area contributed by atoms with Crippen molar-refractivity contribution >= 4 is 135 Å². The molecule has 0 radical (unpaired) electrons. The normalized spacial score (nSPS) is 10.6. The molecule has 3 heterocycles. The van der Waals surface area contributed by atoms with Crippen molar-refractivity contribution in [3.05, 3.63) is 263 Å².